The van der Waals surface area contributed by atoms with Crippen molar-refractivity contribution in [3.63, 3.8) is 0 Å². The smallest absolute Gasteiger partial charge is 0.456 e. The first-order valence-electron chi connectivity index (χ1n) is 10.8. The van der Waals surface area contributed by atoms with E-state index in [0.717, 1.165) is 40.7 Å². The van der Waals surface area contributed by atoms with Crippen LogP contribution in [0.1, 0.15) is 56.7 Å². The van der Waals surface area contributed by atoms with Gasteiger partial charge in [-0.25, -0.2) is 8.42 Å². The van der Waals surface area contributed by atoms with Gasteiger partial charge in [-0.2, -0.15) is 0 Å². The Kier molecular flexibility index (Phi) is 6.85. The summed E-state index contributed by atoms with van der Waals surface area (Å²) in [5, 5.41) is 19.6. The molecule has 0 saturated carbocycles. The molecule has 2 atom stereocenters. The van der Waals surface area contributed by atoms with Gasteiger partial charge in [-0.05, 0) is 79.0 Å². The molecule has 1 saturated heterocycles. The standard InChI is InChI=1S/C23H33BO5S/c1-6-17(11-18-9-15(4)23(25)16(5)10-18)7-8-20-22-19(14(2)3)13-30(27,28)21(22)12-24(26)29-20/h9-11,14,20-21,25-26H,6-8,12-13H2,1-5H3/b17-11+/t20-,21+/m1/s1. The fraction of sp³-hybridized carbons (Fsp3) is 0.565. The van der Waals surface area contributed by atoms with E-state index in [0.29, 0.717) is 12.2 Å². The summed E-state index contributed by atoms with van der Waals surface area (Å²) in [6.45, 7) is 9.93. The molecule has 2 aliphatic heterocycles. The fourth-order valence-electron chi connectivity index (χ4n) is 4.69. The Bertz CT molecular complexity index is 954. The Hall–Kier alpha value is -1.57. The quantitative estimate of drug-likeness (QED) is 0.520. The van der Waals surface area contributed by atoms with Crippen LogP contribution in [0.5, 0.6) is 5.75 Å². The van der Waals surface area contributed by atoms with Crippen LogP contribution >= 0.6 is 0 Å². The van der Waals surface area contributed by atoms with Gasteiger partial charge < -0.3 is 14.8 Å². The molecule has 1 aromatic carbocycles. The first-order valence-corrected chi connectivity index (χ1v) is 12.5. The van der Waals surface area contributed by atoms with Crippen molar-refractivity contribution in [2.24, 2.45) is 5.92 Å². The number of hydrogen-bond acceptors (Lipinski definition) is 5. The Labute approximate surface area is 180 Å². The summed E-state index contributed by atoms with van der Waals surface area (Å²) in [5.74, 6) is 0.557. The SMILES string of the molecule is CC/C(=C\c1cc(C)c(O)c(C)c1)CC[C@H]1OB(O)C[C@H]2C1=C(C(C)C)CS2(=O)=O. The van der Waals surface area contributed by atoms with E-state index in [1.165, 1.54) is 5.57 Å². The minimum atomic E-state index is -3.27. The lowest BCUT2D eigenvalue weighted by molar-refractivity contribution is 0.169. The number of allylic oxidation sites excluding steroid dienone is 1. The van der Waals surface area contributed by atoms with Gasteiger partial charge in [-0.15, -0.1) is 0 Å². The second-order valence-electron chi connectivity index (χ2n) is 8.94. The van der Waals surface area contributed by atoms with Crippen molar-refractivity contribution in [1.29, 1.82) is 0 Å². The van der Waals surface area contributed by atoms with Crippen molar-refractivity contribution >= 4 is 23.0 Å². The van der Waals surface area contributed by atoms with E-state index in [1.54, 1.807) is 0 Å². The number of fused-ring (bicyclic) bond motifs is 1. The highest BCUT2D eigenvalue weighted by molar-refractivity contribution is 7.92. The lowest BCUT2D eigenvalue weighted by Gasteiger charge is -2.32. The lowest BCUT2D eigenvalue weighted by Crippen LogP contribution is -2.42. The molecule has 2 heterocycles. The fourth-order valence-corrected chi connectivity index (χ4v) is 6.97. The number of aromatic hydroxyl groups is 1. The maximum absolute atomic E-state index is 12.7. The van der Waals surface area contributed by atoms with Crippen LogP contribution in [0.2, 0.25) is 6.32 Å². The average molecular weight is 432 g/mol. The van der Waals surface area contributed by atoms with Crippen LogP contribution in [0.4, 0.5) is 0 Å². The molecule has 164 valence electrons. The van der Waals surface area contributed by atoms with Crippen molar-refractivity contribution in [2.45, 2.75) is 71.6 Å². The first-order chi connectivity index (χ1) is 14.0. The van der Waals surface area contributed by atoms with Crippen LogP contribution < -0.4 is 0 Å². The van der Waals surface area contributed by atoms with Crippen molar-refractivity contribution in [1.82, 2.24) is 0 Å². The molecule has 1 aromatic rings. The van der Waals surface area contributed by atoms with Gasteiger partial charge in [-0.3, -0.25) is 0 Å². The van der Waals surface area contributed by atoms with E-state index in [1.807, 2.05) is 39.8 Å². The monoisotopic (exact) mass is 432 g/mol. The maximum atomic E-state index is 12.7. The molecule has 30 heavy (non-hydrogen) atoms. The van der Waals surface area contributed by atoms with Gasteiger partial charge in [0.15, 0.2) is 9.84 Å². The molecule has 0 bridgehead atoms. The number of phenolic OH excluding ortho intramolecular Hbond substituents is 1. The highest BCUT2D eigenvalue weighted by atomic mass is 32.2. The third-order valence-corrected chi connectivity index (χ3v) is 8.38. The molecule has 2 aliphatic rings. The Morgan fingerprint density at radius 1 is 1.30 bits per heavy atom. The second kappa shape index (κ2) is 8.89. The van der Waals surface area contributed by atoms with Crippen LogP contribution in [-0.4, -0.2) is 42.8 Å². The van der Waals surface area contributed by atoms with E-state index >= 15 is 0 Å². The lowest BCUT2D eigenvalue weighted by atomic mass is 9.74. The molecule has 0 aliphatic carbocycles. The summed E-state index contributed by atoms with van der Waals surface area (Å²) in [5.41, 5.74) is 5.83. The van der Waals surface area contributed by atoms with Gasteiger partial charge >= 0.3 is 7.12 Å². The number of phenols is 1. The zero-order valence-corrected chi connectivity index (χ0v) is 19.4. The van der Waals surface area contributed by atoms with Gasteiger partial charge in [0, 0.05) is 6.32 Å². The van der Waals surface area contributed by atoms with Gasteiger partial charge in [0.2, 0.25) is 0 Å². The van der Waals surface area contributed by atoms with E-state index in [9.17, 15) is 18.5 Å². The van der Waals surface area contributed by atoms with Gasteiger partial charge in [0.05, 0.1) is 17.1 Å². The Balaban J connectivity index is 1.84. The van der Waals surface area contributed by atoms with Crippen LogP contribution in [0, 0.1) is 19.8 Å². The van der Waals surface area contributed by atoms with E-state index < -0.39 is 22.2 Å². The molecule has 0 amide bonds. The molecule has 0 radical (unpaired) electrons. The molecular weight excluding hydrogens is 399 g/mol. The predicted octanol–water partition coefficient (Wildman–Crippen LogP) is 4.21. The van der Waals surface area contributed by atoms with Crippen molar-refractivity contribution in [2.75, 3.05) is 5.75 Å². The number of benzene rings is 1. The molecule has 7 heteroatoms. The molecule has 5 nitrogen and oxygen atoms in total. The van der Waals surface area contributed by atoms with Gasteiger partial charge in [0.25, 0.3) is 0 Å². The molecule has 3 rings (SSSR count). The van der Waals surface area contributed by atoms with Crippen molar-refractivity contribution < 1.29 is 23.2 Å². The average Bonchev–Trinajstić information content (AvgIpc) is 2.94. The first kappa shape index (κ1) is 23.1. The third kappa shape index (κ3) is 4.68. The predicted molar refractivity (Wildman–Crippen MR) is 122 cm³/mol. The maximum Gasteiger partial charge on any atom is 0.456 e. The summed E-state index contributed by atoms with van der Waals surface area (Å²) < 4.78 is 31.2. The molecule has 0 unspecified atom stereocenters. The summed E-state index contributed by atoms with van der Waals surface area (Å²) >= 11 is 0. The zero-order valence-electron chi connectivity index (χ0n) is 18.6. The van der Waals surface area contributed by atoms with Crippen LogP contribution in [0.3, 0.4) is 0 Å². The van der Waals surface area contributed by atoms with E-state index in [2.05, 4.69) is 13.0 Å². The third-order valence-electron chi connectivity index (χ3n) is 6.35. The number of hydrogen-bond donors (Lipinski definition) is 2. The summed E-state index contributed by atoms with van der Waals surface area (Å²) in [6, 6.07) is 3.94. The normalized spacial score (nSPS) is 24.0. The molecule has 0 spiro atoms. The van der Waals surface area contributed by atoms with Crippen molar-refractivity contribution in [3.05, 3.63) is 45.5 Å². The minimum absolute atomic E-state index is 0.0831. The Morgan fingerprint density at radius 3 is 2.50 bits per heavy atom. The summed E-state index contributed by atoms with van der Waals surface area (Å²) in [7, 11) is -4.31. The summed E-state index contributed by atoms with van der Waals surface area (Å²) in [4.78, 5) is 0. The van der Waals surface area contributed by atoms with Crippen LogP contribution in [-0.2, 0) is 14.5 Å². The molecule has 1 fully saturated rings. The van der Waals surface area contributed by atoms with Gasteiger partial charge in [0.1, 0.15) is 5.75 Å². The Morgan fingerprint density at radius 2 is 1.93 bits per heavy atom. The number of rotatable bonds is 6. The topological polar surface area (TPSA) is 83.8 Å². The molecular formula is C23H33BO5S. The largest absolute Gasteiger partial charge is 0.507 e. The zero-order chi connectivity index (χ0) is 22.2. The highest BCUT2D eigenvalue weighted by Gasteiger charge is 2.48. The molecule has 2 N–H and O–H groups in total. The second-order valence-corrected chi connectivity index (χ2v) is 11.1. The number of aryl methyl sites for hydroxylation is 2. The minimum Gasteiger partial charge on any atom is -0.507 e. The molecule has 0 aromatic heterocycles. The van der Waals surface area contributed by atoms with E-state index in [4.69, 9.17) is 4.65 Å². The van der Waals surface area contributed by atoms with Gasteiger partial charge in [-0.1, -0.05) is 32.4 Å². The highest BCUT2D eigenvalue weighted by Crippen LogP contribution is 2.41. The van der Waals surface area contributed by atoms with Crippen LogP contribution in [0.25, 0.3) is 6.08 Å². The van der Waals surface area contributed by atoms with E-state index in [-0.39, 0.29) is 24.1 Å². The van der Waals surface area contributed by atoms with Crippen molar-refractivity contribution in [3.8, 4) is 5.75 Å². The number of sulfone groups is 1. The summed E-state index contributed by atoms with van der Waals surface area (Å²) in [6.07, 6.45) is 4.17. The van der Waals surface area contributed by atoms with Crippen LogP contribution in [0.15, 0.2) is 28.9 Å².